The standard InChI is InChI=1S/C37H44N4O7S/c1-21(42)38-27-11-9-23-16-32(46-2)35(47-3)36(48-4)34(23)25-10-12-28(31(43)17-26(25)27)39-29(13-14-49-5)37(45)40-18-22-15-24(20-40)30-7-6-8-33(44)41(30)19-22/h6-8,10,12,16-17,22,24,27,29H,9,11,13-15,18-20H2,1-5H3,(H,38,42)(H,39,43)/t22-,24+,27+,29-/m1/s1. The van der Waals surface area contributed by atoms with Gasteiger partial charge in [-0.1, -0.05) is 12.1 Å². The Morgan fingerprint density at radius 3 is 2.51 bits per heavy atom. The SMILES string of the molecule is COc1cc2c(c(OC)c1OC)-c1ccc(N[C@H](CCSC)C(=O)N3C[C@H]4C[C@@H](C3)c3cccc(=O)n3C4)c(=O)cc1[C@@H](NC(C)=O)CC2. The van der Waals surface area contributed by atoms with Gasteiger partial charge in [0.05, 0.1) is 33.1 Å². The summed E-state index contributed by atoms with van der Waals surface area (Å²) in [5.41, 5.74) is 4.06. The number of amides is 2. The van der Waals surface area contributed by atoms with Gasteiger partial charge in [0, 0.05) is 49.8 Å². The van der Waals surface area contributed by atoms with Crippen molar-refractivity contribution in [2.45, 2.75) is 57.2 Å². The van der Waals surface area contributed by atoms with E-state index in [-0.39, 0.29) is 34.6 Å². The third-order valence-corrected chi connectivity index (χ3v) is 10.6. The summed E-state index contributed by atoms with van der Waals surface area (Å²) < 4.78 is 19.1. The Morgan fingerprint density at radius 1 is 1.00 bits per heavy atom. The van der Waals surface area contributed by atoms with Crippen LogP contribution in [-0.2, 0) is 22.6 Å². The van der Waals surface area contributed by atoms with Crippen molar-refractivity contribution in [3.63, 3.8) is 0 Å². The molecule has 1 fully saturated rings. The Balaban J connectivity index is 1.39. The molecule has 6 rings (SSSR count). The van der Waals surface area contributed by atoms with Gasteiger partial charge in [-0.2, -0.15) is 11.8 Å². The van der Waals surface area contributed by atoms with Crippen molar-refractivity contribution in [1.82, 2.24) is 14.8 Å². The first-order chi connectivity index (χ1) is 23.7. The van der Waals surface area contributed by atoms with Crippen LogP contribution in [0.4, 0.5) is 5.69 Å². The first-order valence-corrected chi connectivity index (χ1v) is 18.1. The summed E-state index contributed by atoms with van der Waals surface area (Å²) in [6.45, 7) is 3.15. The fraction of sp³-hybridized carbons (Fsp3) is 0.459. The molecular weight excluding hydrogens is 644 g/mol. The number of aryl methyl sites for hydroxylation is 1. The summed E-state index contributed by atoms with van der Waals surface area (Å²) in [6.07, 6.45) is 4.61. The fourth-order valence-corrected chi connectivity index (χ4v) is 8.28. The van der Waals surface area contributed by atoms with E-state index in [1.165, 1.54) is 6.92 Å². The van der Waals surface area contributed by atoms with Crippen molar-refractivity contribution in [3.8, 4) is 28.4 Å². The number of pyridine rings is 1. The third kappa shape index (κ3) is 6.75. The number of hydrogen-bond donors (Lipinski definition) is 2. The molecule has 3 aromatic rings. The number of nitrogens with one attached hydrogen (secondary N) is 2. The van der Waals surface area contributed by atoms with Gasteiger partial charge in [-0.3, -0.25) is 19.2 Å². The number of rotatable bonds is 10. The molecule has 2 aromatic carbocycles. The van der Waals surface area contributed by atoms with Gasteiger partial charge in [0.1, 0.15) is 6.04 Å². The van der Waals surface area contributed by atoms with E-state index >= 15 is 0 Å². The van der Waals surface area contributed by atoms with E-state index in [1.54, 1.807) is 57.4 Å². The number of benzene rings is 1. The highest BCUT2D eigenvalue weighted by Gasteiger charge is 2.38. The predicted octanol–water partition coefficient (Wildman–Crippen LogP) is 4.20. The zero-order valence-corrected chi connectivity index (χ0v) is 29.5. The molecule has 0 saturated carbocycles. The Kier molecular flexibility index (Phi) is 10.2. The molecule has 2 aliphatic heterocycles. The molecule has 3 aliphatic rings. The number of piperidine rings is 1. The molecule has 0 spiro atoms. The molecule has 11 nitrogen and oxygen atoms in total. The van der Waals surface area contributed by atoms with Crippen molar-refractivity contribution in [2.75, 3.05) is 51.7 Å². The van der Waals surface area contributed by atoms with E-state index < -0.39 is 12.1 Å². The maximum absolute atomic E-state index is 14.3. The van der Waals surface area contributed by atoms with Gasteiger partial charge < -0.3 is 34.3 Å². The summed E-state index contributed by atoms with van der Waals surface area (Å²) >= 11 is 1.64. The number of aromatic nitrogens is 1. The topological polar surface area (TPSA) is 128 Å². The molecule has 1 saturated heterocycles. The van der Waals surface area contributed by atoms with Gasteiger partial charge in [0.2, 0.25) is 23.0 Å². The zero-order chi connectivity index (χ0) is 34.8. The third-order valence-electron chi connectivity index (χ3n) is 9.95. The number of methoxy groups -OCH3 is 3. The minimum atomic E-state index is -0.628. The highest BCUT2D eigenvalue weighted by atomic mass is 32.2. The number of hydrogen-bond acceptors (Lipinski definition) is 9. The average molecular weight is 689 g/mol. The molecule has 3 heterocycles. The molecule has 12 heteroatoms. The molecule has 1 aliphatic carbocycles. The number of anilines is 1. The van der Waals surface area contributed by atoms with Crippen molar-refractivity contribution >= 4 is 29.3 Å². The molecule has 4 atom stereocenters. The minimum absolute atomic E-state index is 0.00313. The highest BCUT2D eigenvalue weighted by Crippen LogP contribution is 2.50. The average Bonchev–Trinajstić information content (AvgIpc) is 3.33. The number of thioether (sulfide) groups is 1. The smallest absolute Gasteiger partial charge is 0.250 e. The van der Waals surface area contributed by atoms with Gasteiger partial charge in [0.25, 0.3) is 5.56 Å². The lowest BCUT2D eigenvalue weighted by molar-refractivity contribution is -0.134. The Labute approximate surface area is 290 Å². The highest BCUT2D eigenvalue weighted by molar-refractivity contribution is 7.98. The summed E-state index contributed by atoms with van der Waals surface area (Å²) in [5.74, 6) is 2.17. The summed E-state index contributed by atoms with van der Waals surface area (Å²) in [6, 6.07) is 11.4. The van der Waals surface area contributed by atoms with Gasteiger partial charge in [0.15, 0.2) is 11.5 Å². The number of likely N-dealkylation sites (tertiary alicyclic amines) is 1. The van der Waals surface area contributed by atoms with Crippen LogP contribution in [0.15, 0.2) is 52.1 Å². The van der Waals surface area contributed by atoms with Crippen LogP contribution in [-0.4, -0.2) is 73.8 Å². The van der Waals surface area contributed by atoms with Gasteiger partial charge in [-0.25, -0.2) is 0 Å². The van der Waals surface area contributed by atoms with Crippen molar-refractivity contribution < 1.29 is 23.8 Å². The molecule has 49 heavy (non-hydrogen) atoms. The van der Waals surface area contributed by atoms with Crippen LogP contribution < -0.4 is 35.8 Å². The van der Waals surface area contributed by atoms with Crippen LogP contribution in [0.5, 0.6) is 17.2 Å². The van der Waals surface area contributed by atoms with E-state index in [0.29, 0.717) is 67.4 Å². The number of ether oxygens (including phenoxy) is 3. The Hall–Kier alpha value is -4.45. The van der Waals surface area contributed by atoms with Crippen LogP contribution >= 0.6 is 11.8 Å². The lowest BCUT2D eigenvalue weighted by Crippen LogP contribution is -2.53. The van der Waals surface area contributed by atoms with Crippen LogP contribution in [0.3, 0.4) is 0 Å². The summed E-state index contributed by atoms with van der Waals surface area (Å²) in [4.78, 5) is 55.1. The number of nitrogens with zero attached hydrogens (tertiary/aromatic N) is 2. The molecule has 0 unspecified atom stereocenters. The molecule has 2 N–H and O–H groups in total. The second kappa shape index (κ2) is 14.6. The fourth-order valence-electron chi connectivity index (χ4n) is 7.80. The first kappa shape index (κ1) is 34.4. The van der Waals surface area contributed by atoms with Crippen molar-refractivity contribution in [1.29, 1.82) is 0 Å². The van der Waals surface area contributed by atoms with Crippen LogP contribution in [0.25, 0.3) is 11.1 Å². The van der Waals surface area contributed by atoms with Crippen molar-refractivity contribution in [2.24, 2.45) is 5.92 Å². The normalized spacial score (nSPS) is 19.7. The summed E-state index contributed by atoms with van der Waals surface area (Å²) in [5, 5.41) is 6.39. The molecule has 2 amide bonds. The van der Waals surface area contributed by atoms with E-state index in [2.05, 4.69) is 10.6 Å². The van der Waals surface area contributed by atoms with E-state index in [0.717, 1.165) is 34.6 Å². The Morgan fingerprint density at radius 2 is 1.80 bits per heavy atom. The van der Waals surface area contributed by atoms with Crippen LogP contribution in [0.1, 0.15) is 55.0 Å². The monoisotopic (exact) mass is 688 g/mol. The number of carbonyl (C=O) groups is 2. The maximum atomic E-state index is 14.3. The second-order valence-corrected chi connectivity index (χ2v) is 14.0. The minimum Gasteiger partial charge on any atom is -0.493 e. The molecule has 2 bridgehead atoms. The van der Waals surface area contributed by atoms with E-state index in [1.807, 2.05) is 33.9 Å². The second-order valence-electron chi connectivity index (χ2n) is 13.0. The van der Waals surface area contributed by atoms with Crippen LogP contribution in [0.2, 0.25) is 0 Å². The molecule has 1 aromatic heterocycles. The quantitative estimate of drug-likeness (QED) is 0.322. The maximum Gasteiger partial charge on any atom is 0.250 e. The molecule has 260 valence electrons. The van der Waals surface area contributed by atoms with Gasteiger partial charge in [-0.15, -0.1) is 0 Å². The van der Waals surface area contributed by atoms with Gasteiger partial charge in [-0.05, 0) is 84.6 Å². The lowest BCUT2D eigenvalue weighted by Gasteiger charge is -2.43. The van der Waals surface area contributed by atoms with E-state index in [9.17, 15) is 19.2 Å². The Bertz CT molecular complexity index is 1880. The number of fused-ring (bicyclic) bond motifs is 7. The van der Waals surface area contributed by atoms with Crippen LogP contribution in [0, 0.1) is 5.92 Å². The largest absolute Gasteiger partial charge is 0.493 e. The van der Waals surface area contributed by atoms with Crippen molar-refractivity contribution in [3.05, 3.63) is 79.9 Å². The molecular formula is C37H44N4O7S. The summed E-state index contributed by atoms with van der Waals surface area (Å²) in [7, 11) is 4.68. The first-order valence-electron chi connectivity index (χ1n) is 16.7. The van der Waals surface area contributed by atoms with Gasteiger partial charge >= 0.3 is 0 Å². The lowest BCUT2D eigenvalue weighted by atomic mass is 9.83. The zero-order valence-electron chi connectivity index (χ0n) is 28.7. The van der Waals surface area contributed by atoms with E-state index in [4.69, 9.17) is 14.2 Å². The number of carbonyl (C=O) groups excluding carboxylic acids is 2. The molecule has 0 radical (unpaired) electrons. The predicted molar refractivity (Wildman–Crippen MR) is 191 cm³/mol.